The van der Waals surface area contributed by atoms with E-state index in [0.29, 0.717) is 43.3 Å². The molecule has 2 aromatic carbocycles. The van der Waals surface area contributed by atoms with E-state index in [0.717, 1.165) is 23.3 Å². The number of Topliss-reactive ketones (excluding diaryl/α,β-unsaturated/α-hetero) is 1. The van der Waals surface area contributed by atoms with Crippen LogP contribution >= 0.6 is 0 Å². The minimum absolute atomic E-state index is 0.0316. The fourth-order valence-electron chi connectivity index (χ4n) is 2.59. The summed E-state index contributed by atoms with van der Waals surface area (Å²) >= 11 is 0. The van der Waals surface area contributed by atoms with Crippen molar-refractivity contribution in [3.63, 3.8) is 0 Å². The van der Waals surface area contributed by atoms with E-state index >= 15 is 0 Å². The Balaban J connectivity index is 1.56. The van der Waals surface area contributed by atoms with Gasteiger partial charge in [0.05, 0.1) is 6.61 Å². The van der Waals surface area contributed by atoms with Gasteiger partial charge in [0.15, 0.2) is 5.78 Å². The predicted molar refractivity (Wildman–Crippen MR) is 103 cm³/mol. The van der Waals surface area contributed by atoms with Crippen molar-refractivity contribution in [1.29, 1.82) is 0 Å². The number of benzene rings is 2. The summed E-state index contributed by atoms with van der Waals surface area (Å²) in [6.07, 6.45) is 1.66. The van der Waals surface area contributed by atoms with Gasteiger partial charge in [-0.25, -0.2) is 0 Å². The van der Waals surface area contributed by atoms with Gasteiger partial charge in [-0.2, -0.15) is 4.98 Å². The monoisotopic (exact) mass is 365 g/mol. The van der Waals surface area contributed by atoms with Crippen LogP contribution in [0.4, 0.5) is 0 Å². The third kappa shape index (κ3) is 5.01. The molecule has 0 fully saturated rings. The third-order valence-electron chi connectivity index (χ3n) is 4.13. The highest BCUT2D eigenvalue weighted by atomic mass is 16.5. The average Bonchev–Trinajstić information content (AvgIpc) is 3.20. The Morgan fingerprint density at radius 1 is 1.11 bits per heavy atom. The van der Waals surface area contributed by atoms with Gasteiger partial charge in [0.2, 0.25) is 11.7 Å². The normalized spacial score (nSPS) is 10.7. The Morgan fingerprint density at radius 2 is 1.85 bits per heavy atom. The molecule has 3 rings (SSSR count). The Hall–Kier alpha value is -2.99. The first-order valence-electron chi connectivity index (χ1n) is 9.07. The zero-order chi connectivity index (χ0) is 19.1. The van der Waals surface area contributed by atoms with Crippen molar-refractivity contribution in [2.24, 2.45) is 5.73 Å². The van der Waals surface area contributed by atoms with Crippen molar-refractivity contribution < 1.29 is 14.1 Å². The molecule has 0 spiro atoms. The molecule has 0 saturated carbocycles. The van der Waals surface area contributed by atoms with Crippen LogP contribution in [0.5, 0.6) is 5.75 Å². The number of aromatic nitrogens is 2. The second-order valence-corrected chi connectivity index (χ2v) is 6.21. The highest BCUT2D eigenvalue weighted by molar-refractivity contribution is 5.96. The van der Waals surface area contributed by atoms with E-state index in [2.05, 4.69) is 17.1 Å². The van der Waals surface area contributed by atoms with E-state index in [1.165, 1.54) is 0 Å². The largest absolute Gasteiger partial charge is 0.494 e. The van der Waals surface area contributed by atoms with Crippen molar-refractivity contribution in [2.75, 3.05) is 6.61 Å². The van der Waals surface area contributed by atoms with Gasteiger partial charge in [-0.05, 0) is 36.2 Å². The van der Waals surface area contributed by atoms with Crippen LogP contribution in [0.2, 0.25) is 0 Å². The van der Waals surface area contributed by atoms with Crippen molar-refractivity contribution in [3.05, 3.63) is 65.5 Å². The summed E-state index contributed by atoms with van der Waals surface area (Å²) < 4.78 is 10.8. The van der Waals surface area contributed by atoms with Crippen LogP contribution < -0.4 is 10.5 Å². The molecule has 0 radical (unpaired) electrons. The van der Waals surface area contributed by atoms with Crippen LogP contribution in [0.25, 0.3) is 11.4 Å². The summed E-state index contributed by atoms with van der Waals surface area (Å²) in [4.78, 5) is 16.7. The molecule has 140 valence electrons. The maximum absolute atomic E-state index is 12.3. The van der Waals surface area contributed by atoms with Gasteiger partial charge in [0, 0.05) is 30.5 Å². The van der Waals surface area contributed by atoms with Gasteiger partial charge >= 0.3 is 0 Å². The summed E-state index contributed by atoms with van der Waals surface area (Å²) in [5.41, 5.74) is 8.15. The third-order valence-corrected chi connectivity index (χ3v) is 4.13. The Morgan fingerprint density at radius 3 is 2.52 bits per heavy atom. The Labute approximate surface area is 158 Å². The van der Waals surface area contributed by atoms with Gasteiger partial charge in [0.25, 0.3) is 0 Å². The lowest BCUT2D eigenvalue weighted by atomic mass is 10.1. The van der Waals surface area contributed by atoms with Crippen LogP contribution in [0.1, 0.15) is 41.6 Å². The molecule has 0 unspecified atom stereocenters. The maximum atomic E-state index is 12.3. The number of ether oxygens (including phenoxy) is 1. The van der Waals surface area contributed by atoms with Crippen molar-refractivity contribution in [3.8, 4) is 17.1 Å². The van der Waals surface area contributed by atoms with Gasteiger partial charge in [-0.3, -0.25) is 4.79 Å². The number of nitrogens with zero attached hydrogens (tertiary/aromatic N) is 2. The first-order chi connectivity index (χ1) is 13.2. The molecule has 0 aliphatic carbocycles. The van der Waals surface area contributed by atoms with Crippen LogP contribution in [-0.2, 0) is 13.0 Å². The number of aryl methyl sites for hydroxylation is 1. The fourth-order valence-corrected chi connectivity index (χ4v) is 2.59. The lowest BCUT2D eigenvalue weighted by Crippen LogP contribution is -2.02. The van der Waals surface area contributed by atoms with Crippen LogP contribution in [-0.4, -0.2) is 22.5 Å². The number of rotatable bonds is 9. The van der Waals surface area contributed by atoms with Gasteiger partial charge in [-0.1, -0.05) is 36.3 Å². The lowest BCUT2D eigenvalue weighted by molar-refractivity contribution is 0.0979. The number of carbonyl (C=O) groups excluding carboxylic acids is 1. The second kappa shape index (κ2) is 9.09. The molecular weight excluding hydrogens is 342 g/mol. The SMILES string of the molecule is CCCOc1ccc(C(=O)CCc2nc(-c3ccc(CN)cc3)no2)cc1. The van der Waals surface area contributed by atoms with Crippen LogP contribution in [0.3, 0.4) is 0 Å². The molecule has 3 aromatic rings. The van der Waals surface area contributed by atoms with E-state index in [1.54, 1.807) is 12.1 Å². The molecule has 0 atom stereocenters. The summed E-state index contributed by atoms with van der Waals surface area (Å²) in [6, 6.07) is 14.9. The average molecular weight is 365 g/mol. The number of carbonyl (C=O) groups is 1. The number of hydrogen-bond acceptors (Lipinski definition) is 6. The van der Waals surface area contributed by atoms with Crippen LogP contribution in [0.15, 0.2) is 53.1 Å². The minimum atomic E-state index is 0.0316. The summed E-state index contributed by atoms with van der Waals surface area (Å²) in [5, 5.41) is 3.99. The highest BCUT2D eigenvalue weighted by Crippen LogP contribution is 2.18. The minimum Gasteiger partial charge on any atom is -0.494 e. The molecule has 1 heterocycles. The summed E-state index contributed by atoms with van der Waals surface area (Å²) in [7, 11) is 0. The van der Waals surface area contributed by atoms with E-state index in [4.69, 9.17) is 15.0 Å². The topological polar surface area (TPSA) is 91.2 Å². The summed E-state index contributed by atoms with van der Waals surface area (Å²) in [6.45, 7) is 3.21. The quantitative estimate of drug-likeness (QED) is 0.580. The molecule has 2 N–H and O–H groups in total. The zero-order valence-electron chi connectivity index (χ0n) is 15.4. The summed E-state index contributed by atoms with van der Waals surface area (Å²) in [5.74, 6) is 1.77. The van der Waals surface area contributed by atoms with Crippen molar-refractivity contribution in [1.82, 2.24) is 10.1 Å². The standard InChI is InChI=1S/C21H23N3O3/c1-2-13-26-18-9-7-16(8-10-18)19(25)11-12-20-23-21(24-27-20)17-5-3-15(14-22)4-6-17/h3-10H,2,11-14,22H2,1H3. The first-order valence-corrected chi connectivity index (χ1v) is 9.07. The molecule has 0 aliphatic rings. The van der Waals surface area contributed by atoms with E-state index in [1.807, 2.05) is 36.4 Å². The lowest BCUT2D eigenvalue weighted by Gasteiger charge is -2.05. The van der Waals surface area contributed by atoms with Gasteiger partial charge in [-0.15, -0.1) is 0 Å². The first kappa shape index (κ1) is 18.8. The van der Waals surface area contributed by atoms with E-state index < -0.39 is 0 Å². The molecular formula is C21H23N3O3. The van der Waals surface area contributed by atoms with Gasteiger partial charge in [0.1, 0.15) is 5.75 Å². The van der Waals surface area contributed by atoms with Crippen molar-refractivity contribution >= 4 is 5.78 Å². The maximum Gasteiger partial charge on any atom is 0.227 e. The molecule has 6 heteroatoms. The van der Waals surface area contributed by atoms with Crippen LogP contribution in [0, 0.1) is 0 Å². The highest BCUT2D eigenvalue weighted by Gasteiger charge is 2.12. The van der Waals surface area contributed by atoms with E-state index in [9.17, 15) is 4.79 Å². The number of ketones is 1. The molecule has 6 nitrogen and oxygen atoms in total. The molecule has 0 bridgehead atoms. The Kier molecular flexibility index (Phi) is 6.33. The van der Waals surface area contributed by atoms with E-state index in [-0.39, 0.29) is 5.78 Å². The van der Waals surface area contributed by atoms with Crippen molar-refractivity contribution in [2.45, 2.75) is 32.7 Å². The molecule has 0 aliphatic heterocycles. The fraction of sp³-hybridized carbons (Fsp3) is 0.286. The predicted octanol–water partition coefficient (Wildman–Crippen LogP) is 3.80. The molecule has 0 saturated heterocycles. The number of nitrogens with two attached hydrogens (primary N) is 1. The van der Waals surface area contributed by atoms with Gasteiger partial charge < -0.3 is 15.0 Å². The number of hydrogen-bond donors (Lipinski definition) is 1. The molecule has 1 aromatic heterocycles. The second-order valence-electron chi connectivity index (χ2n) is 6.21. The smallest absolute Gasteiger partial charge is 0.227 e. The molecule has 0 amide bonds. The Bertz CT molecular complexity index is 870. The zero-order valence-corrected chi connectivity index (χ0v) is 15.4. The molecule has 27 heavy (non-hydrogen) atoms.